The van der Waals surface area contributed by atoms with Crippen LogP contribution in [0.4, 0.5) is 0 Å². The number of carbonyl (C=O) groups excluding carboxylic acids is 2. The van der Waals surface area contributed by atoms with Crippen LogP contribution in [-0.2, 0) is 16.0 Å². The fraction of sp³-hybridized carbons (Fsp3) is 0.200. The van der Waals surface area contributed by atoms with E-state index in [0.717, 1.165) is 11.1 Å². The molecule has 0 radical (unpaired) electrons. The first-order valence-electron chi connectivity index (χ1n) is 6.04. The molecule has 0 atom stereocenters. The van der Waals surface area contributed by atoms with Crippen LogP contribution in [0.1, 0.15) is 5.56 Å². The Labute approximate surface area is 131 Å². The normalized spacial score (nSPS) is 22.7. The summed E-state index contributed by atoms with van der Waals surface area (Å²) in [5, 5.41) is 0. The van der Waals surface area contributed by atoms with Crippen LogP contribution in [0.25, 0.3) is 0 Å². The second-order valence-electron chi connectivity index (χ2n) is 4.47. The van der Waals surface area contributed by atoms with Crippen LogP contribution in [0.3, 0.4) is 0 Å². The molecule has 0 N–H and O–H groups in total. The van der Waals surface area contributed by atoms with E-state index in [2.05, 4.69) is 9.98 Å². The molecule has 1 aromatic carbocycles. The SMILES string of the molecule is O=C=NC1(N=C=O)C=CC(Cc2ccccc2)=CC1(Cl)Cl. The quantitative estimate of drug-likeness (QED) is 0.485. The third-order valence-electron chi connectivity index (χ3n) is 3.07. The fourth-order valence-electron chi connectivity index (χ4n) is 2.05. The van der Waals surface area contributed by atoms with Crippen molar-refractivity contribution in [3.05, 3.63) is 59.7 Å². The molecule has 1 aliphatic rings. The summed E-state index contributed by atoms with van der Waals surface area (Å²) < 4.78 is -1.67. The molecule has 0 heterocycles. The Kier molecular flexibility index (Phi) is 4.56. The molecular weight excluding hydrogens is 311 g/mol. The van der Waals surface area contributed by atoms with Gasteiger partial charge in [-0.25, -0.2) is 9.59 Å². The molecule has 0 aliphatic heterocycles. The lowest BCUT2D eigenvalue weighted by atomic mass is 9.93. The first kappa shape index (κ1) is 15.4. The predicted octanol–water partition coefficient (Wildman–Crippen LogP) is 3.27. The third kappa shape index (κ3) is 3.21. The minimum atomic E-state index is -1.72. The van der Waals surface area contributed by atoms with Crippen LogP contribution in [-0.4, -0.2) is 22.2 Å². The van der Waals surface area contributed by atoms with Crippen LogP contribution in [0.2, 0.25) is 0 Å². The number of nitrogens with zero attached hydrogens (tertiary/aromatic N) is 2. The monoisotopic (exact) mass is 320 g/mol. The smallest absolute Gasteiger partial charge is 0.211 e. The van der Waals surface area contributed by atoms with Crippen LogP contribution in [0.5, 0.6) is 0 Å². The lowest BCUT2D eigenvalue weighted by Crippen LogP contribution is -2.42. The Balaban J connectivity index is 2.36. The lowest BCUT2D eigenvalue weighted by molar-refractivity contribution is 0.498. The Bertz CT molecular complexity index is 665. The van der Waals surface area contributed by atoms with E-state index in [9.17, 15) is 9.59 Å². The van der Waals surface area contributed by atoms with Crippen LogP contribution >= 0.6 is 23.2 Å². The maximum atomic E-state index is 10.6. The summed E-state index contributed by atoms with van der Waals surface area (Å²) in [4.78, 5) is 28.1. The van der Waals surface area contributed by atoms with Gasteiger partial charge in [-0.3, -0.25) is 0 Å². The summed E-state index contributed by atoms with van der Waals surface area (Å²) in [7, 11) is 0. The largest absolute Gasteiger partial charge is 0.237 e. The highest BCUT2D eigenvalue weighted by Gasteiger charge is 2.49. The van der Waals surface area contributed by atoms with E-state index in [-0.39, 0.29) is 0 Å². The van der Waals surface area contributed by atoms with Gasteiger partial charge in [0.15, 0.2) is 4.33 Å². The highest BCUT2D eigenvalue weighted by molar-refractivity contribution is 6.51. The first-order valence-corrected chi connectivity index (χ1v) is 6.79. The van der Waals surface area contributed by atoms with Gasteiger partial charge in [0, 0.05) is 0 Å². The summed E-state index contributed by atoms with van der Waals surface area (Å²) in [5.41, 5.74) is 0.173. The maximum Gasteiger partial charge on any atom is 0.237 e. The first-order chi connectivity index (χ1) is 10.0. The zero-order chi connectivity index (χ0) is 15.3. The van der Waals surface area contributed by atoms with Gasteiger partial charge < -0.3 is 0 Å². The van der Waals surface area contributed by atoms with Crippen molar-refractivity contribution in [3.8, 4) is 0 Å². The molecule has 0 aromatic heterocycles. The Morgan fingerprint density at radius 2 is 1.67 bits per heavy atom. The van der Waals surface area contributed by atoms with Crippen LogP contribution < -0.4 is 0 Å². The number of rotatable bonds is 4. The summed E-state index contributed by atoms with van der Waals surface area (Å²) in [6, 6.07) is 9.70. The van der Waals surface area contributed by atoms with E-state index in [0.29, 0.717) is 6.42 Å². The zero-order valence-corrected chi connectivity index (χ0v) is 12.3. The van der Waals surface area contributed by atoms with Gasteiger partial charge in [-0.2, -0.15) is 9.98 Å². The Hall–Kier alpha value is -1.96. The molecule has 4 nitrogen and oxygen atoms in total. The molecule has 1 aliphatic carbocycles. The van der Waals surface area contributed by atoms with Gasteiger partial charge >= 0.3 is 0 Å². The molecule has 21 heavy (non-hydrogen) atoms. The molecule has 0 saturated heterocycles. The number of aliphatic imine (C=N–C) groups is 2. The summed E-state index contributed by atoms with van der Waals surface area (Å²) in [6.07, 6.45) is 7.87. The number of alkyl halides is 2. The summed E-state index contributed by atoms with van der Waals surface area (Å²) >= 11 is 12.4. The van der Waals surface area contributed by atoms with Crippen molar-refractivity contribution < 1.29 is 9.59 Å². The molecule has 0 bridgehead atoms. The molecule has 106 valence electrons. The van der Waals surface area contributed by atoms with E-state index in [1.165, 1.54) is 24.3 Å². The van der Waals surface area contributed by atoms with E-state index in [1.54, 1.807) is 6.08 Å². The second kappa shape index (κ2) is 6.21. The van der Waals surface area contributed by atoms with Crippen molar-refractivity contribution in [1.29, 1.82) is 0 Å². The van der Waals surface area contributed by atoms with Gasteiger partial charge in [0.25, 0.3) is 0 Å². The van der Waals surface area contributed by atoms with Crippen LogP contribution in [0, 0.1) is 0 Å². The summed E-state index contributed by atoms with van der Waals surface area (Å²) in [5.74, 6) is 0. The molecule has 0 unspecified atom stereocenters. The van der Waals surface area contributed by atoms with Gasteiger partial charge in [-0.15, -0.1) is 0 Å². The number of hydrogen-bond donors (Lipinski definition) is 0. The van der Waals surface area contributed by atoms with E-state index >= 15 is 0 Å². The molecular formula is C15H10Cl2N2O2. The van der Waals surface area contributed by atoms with E-state index in [1.807, 2.05) is 30.3 Å². The second-order valence-corrected chi connectivity index (χ2v) is 5.86. The number of allylic oxidation sites excluding steroid dienone is 2. The minimum absolute atomic E-state index is 0.601. The average molecular weight is 321 g/mol. The molecule has 2 rings (SSSR count). The Morgan fingerprint density at radius 3 is 2.19 bits per heavy atom. The summed E-state index contributed by atoms with van der Waals surface area (Å²) in [6.45, 7) is 0. The van der Waals surface area contributed by atoms with Gasteiger partial charge in [-0.05, 0) is 29.7 Å². The third-order valence-corrected chi connectivity index (χ3v) is 3.84. The van der Waals surface area contributed by atoms with Crippen molar-refractivity contribution in [1.82, 2.24) is 0 Å². The number of halogens is 2. The zero-order valence-electron chi connectivity index (χ0n) is 10.8. The molecule has 6 heteroatoms. The molecule has 0 fully saturated rings. The Morgan fingerprint density at radius 1 is 1.05 bits per heavy atom. The fourth-order valence-corrected chi connectivity index (χ4v) is 2.63. The van der Waals surface area contributed by atoms with Crippen molar-refractivity contribution >= 4 is 35.4 Å². The molecule has 1 aromatic rings. The van der Waals surface area contributed by atoms with Crippen molar-refractivity contribution in [2.75, 3.05) is 0 Å². The highest BCUT2D eigenvalue weighted by Crippen LogP contribution is 2.44. The van der Waals surface area contributed by atoms with Gasteiger partial charge in [0.05, 0.1) is 0 Å². The van der Waals surface area contributed by atoms with Gasteiger partial charge in [-0.1, -0.05) is 59.6 Å². The molecule has 0 spiro atoms. The number of benzene rings is 1. The average Bonchev–Trinajstić information content (AvgIpc) is 2.44. The highest BCUT2D eigenvalue weighted by atomic mass is 35.5. The minimum Gasteiger partial charge on any atom is -0.211 e. The molecule has 0 amide bonds. The maximum absolute atomic E-state index is 10.6. The molecule has 0 saturated carbocycles. The number of isocyanates is 2. The van der Waals surface area contributed by atoms with Gasteiger partial charge in [0.1, 0.15) is 0 Å². The van der Waals surface area contributed by atoms with Crippen molar-refractivity contribution in [2.24, 2.45) is 9.98 Å². The van der Waals surface area contributed by atoms with Crippen molar-refractivity contribution in [3.63, 3.8) is 0 Å². The topological polar surface area (TPSA) is 58.9 Å². The van der Waals surface area contributed by atoms with Gasteiger partial charge in [0.2, 0.25) is 17.8 Å². The van der Waals surface area contributed by atoms with Crippen molar-refractivity contribution in [2.45, 2.75) is 16.4 Å². The van der Waals surface area contributed by atoms with E-state index < -0.39 is 10.00 Å². The standard InChI is InChI=1S/C15H10Cl2N2O2/c16-14(17)9-13(8-12-4-2-1-3-5-12)6-7-15(14,18-10-20)19-11-21/h1-7,9H,8H2. The number of hydrogen-bond acceptors (Lipinski definition) is 4. The predicted molar refractivity (Wildman–Crippen MR) is 80.8 cm³/mol. The van der Waals surface area contributed by atoms with Crippen LogP contribution in [0.15, 0.2) is 64.1 Å². The lowest BCUT2D eigenvalue weighted by Gasteiger charge is -2.32. The van der Waals surface area contributed by atoms with E-state index in [4.69, 9.17) is 23.2 Å².